The molecular formula is C13H7BrF3NO2S. The van der Waals surface area contributed by atoms with Gasteiger partial charge in [0.1, 0.15) is 5.69 Å². The van der Waals surface area contributed by atoms with E-state index in [1.807, 2.05) is 0 Å². The Balaban J connectivity index is 2.41. The molecule has 1 N–H and O–H groups in total. The molecule has 1 aromatic heterocycles. The smallest absolute Gasteiger partial charge is 0.417 e. The Labute approximate surface area is 130 Å². The van der Waals surface area contributed by atoms with Crippen LogP contribution in [0.2, 0.25) is 0 Å². The van der Waals surface area contributed by atoms with Gasteiger partial charge in [0.2, 0.25) is 0 Å². The number of aromatic nitrogens is 1. The second kappa shape index (κ2) is 6.07. The van der Waals surface area contributed by atoms with Crippen LogP contribution in [0.25, 0.3) is 0 Å². The van der Waals surface area contributed by atoms with Crippen LogP contribution in [0, 0.1) is 0 Å². The van der Waals surface area contributed by atoms with E-state index in [1.54, 1.807) is 0 Å². The molecule has 2 rings (SSSR count). The number of hydrogen-bond acceptors (Lipinski definition) is 3. The molecule has 1 heterocycles. The zero-order chi connectivity index (χ0) is 15.6. The molecule has 2 aromatic rings. The van der Waals surface area contributed by atoms with Crippen LogP contribution >= 0.6 is 27.7 Å². The highest BCUT2D eigenvalue weighted by atomic mass is 79.9. The van der Waals surface area contributed by atoms with E-state index in [-0.39, 0.29) is 10.6 Å². The summed E-state index contributed by atoms with van der Waals surface area (Å²) in [6.45, 7) is 0. The van der Waals surface area contributed by atoms with E-state index in [0.717, 1.165) is 17.8 Å². The summed E-state index contributed by atoms with van der Waals surface area (Å²) in [5.41, 5.74) is -0.993. The largest absolute Gasteiger partial charge is 0.477 e. The molecule has 0 saturated heterocycles. The second-order valence-corrected chi connectivity index (χ2v) is 5.95. The molecule has 110 valence electrons. The first-order valence-electron chi connectivity index (χ1n) is 5.51. The third-order valence-corrected chi connectivity index (χ3v) is 3.97. The molecule has 21 heavy (non-hydrogen) atoms. The highest BCUT2D eigenvalue weighted by Crippen LogP contribution is 2.40. The fourth-order valence-electron chi connectivity index (χ4n) is 1.53. The summed E-state index contributed by atoms with van der Waals surface area (Å²) < 4.78 is 39.4. The lowest BCUT2D eigenvalue weighted by Gasteiger charge is -2.12. The van der Waals surface area contributed by atoms with Crippen LogP contribution in [-0.2, 0) is 6.18 Å². The number of carboxylic acids is 1. The maximum atomic E-state index is 13.0. The molecule has 0 radical (unpaired) electrons. The van der Waals surface area contributed by atoms with Crippen molar-refractivity contribution in [1.82, 2.24) is 4.98 Å². The number of carboxylic acid groups (broad SMARTS) is 1. The first-order chi connectivity index (χ1) is 9.77. The number of hydrogen-bond donors (Lipinski definition) is 1. The predicted molar refractivity (Wildman–Crippen MR) is 74.5 cm³/mol. The average Bonchev–Trinajstić information content (AvgIpc) is 2.37. The molecule has 0 bridgehead atoms. The summed E-state index contributed by atoms with van der Waals surface area (Å²) in [5.74, 6) is -1.23. The molecule has 0 fully saturated rings. The van der Waals surface area contributed by atoms with Gasteiger partial charge in [0.05, 0.1) is 5.56 Å². The Hall–Kier alpha value is -1.54. The number of nitrogens with zero attached hydrogens (tertiary/aromatic N) is 1. The van der Waals surface area contributed by atoms with Crippen LogP contribution in [0.1, 0.15) is 16.1 Å². The van der Waals surface area contributed by atoms with E-state index < -0.39 is 17.7 Å². The van der Waals surface area contributed by atoms with E-state index in [0.29, 0.717) is 9.37 Å². The topological polar surface area (TPSA) is 50.2 Å². The summed E-state index contributed by atoms with van der Waals surface area (Å²) in [5, 5.41) is 8.84. The van der Waals surface area contributed by atoms with Crippen LogP contribution in [0.4, 0.5) is 13.2 Å². The molecule has 0 atom stereocenters. The van der Waals surface area contributed by atoms with Crippen LogP contribution in [0.15, 0.2) is 50.8 Å². The van der Waals surface area contributed by atoms with Crippen LogP contribution in [-0.4, -0.2) is 16.1 Å². The molecule has 0 aliphatic rings. The van der Waals surface area contributed by atoms with Crippen molar-refractivity contribution in [2.24, 2.45) is 0 Å². The summed E-state index contributed by atoms with van der Waals surface area (Å²) in [4.78, 5) is 14.8. The van der Waals surface area contributed by atoms with Gasteiger partial charge >= 0.3 is 12.1 Å². The normalized spacial score (nSPS) is 11.4. The zero-order valence-electron chi connectivity index (χ0n) is 10.2. The van der Waals surface area contributed by atoms with Gasteiger partial charge in [-0.15, -0.1) is 0 Å². The molecule has 8 heteroatoms. The van der Waals surface area contributed by atoms with Gasteiger partial charge in [-0.3, -0.25) is 0 Å². The zero-order valence-corrected chi connectivity index (χ0v) is 12.6. The van der Waals surface area contributed by atoms with E-state index in [9.17, 15) is 18.0 Å². The number of carbonyl (C=O) groups is 1. The Bertz CT molecular complexity index is 691. The van der Waals surface area contributed by atoms with Crippen molar-refractivity contribution in [3.05, 3.63) is 52.3 Å². The molecule has 0 aliphatic carbocycles. The fraction of sp³-hybridized carbons (Fsp3) is 0.0769. The number of pyridine rings is 1. The van der Waals surface area contributed by atoms with Crippen molar-refractivity contribution < 1.29 is 23.1 Å². The second-order valence-electron chi connectivity index (χ2n) is 3.92. The van der Waals surface area contributed by atoms with E-state index in [4.69, 9.17) is 5.11 Å². The van der Waals surface area contributed by atoms with Gasteiger partial charge in [0.25, 0.3) is 0 Å². The van der Waals surface area contributed by atoms with E-state index >= 15 is 0 Å². The number of alkyl halides is 3. The summed E-state index contributed by atoms with van der Waals surface area (Å²) in [7, 11) is 0. The van der Waals surface area contributed by atoms with Gasteiger partial charge in [0.15, 0.2) is 0 Å². The average molecular weight is 378 g/mol. The maximum Gasteiger partial charge on any atom is 0.417 e. The molecule has 0 aliphatic heterocycles. The Kier molecular flexibility index (Phi) is 4.58. The van der Waals surface area contributed by atoms with Crippen LogP contribution < -0.4 is 0 Å². The van der Waals surface area contributed by atoms with Gasteiger partial charge in [0, 0.05) is 20.5 Å². The van der Waals surface area contributed by atoms with Crippen molar-refractivity contribution in [3.8, 4) is 0 Å². The quantitative estimate of drug-likeness (QED) is 0.841. The highest BCUT2D eigenvalue weighted by molar-refractivity contribution is 9.10. The van der Waals surface area contributed by atoms with E-state index in [1.165, 1.54) is 30.5 Å². The van der Waals surface area contributed by atoms with Crippen molar-refractivity contribution in [2.45, 2.75) is 16.0 Å². The molecule has 3 nitrogen and oxygen atoms in total. The lowest BCUT2D eigenvalue weighted by molar-refractivity contribution is -0.139. The minimum atomic E-state index is -4.48. The molecular weight excluding hydrogens is 371 g/mol. The fourth-order valence-corrected chi connectivity index (χ4v) is 3.08. The third-order valence-electron chi connectivity index (χ3n) is 2.43. The Morgan fingerprint density at radius 3 is 2.57 bits per heavy atom. The standard InChI is InChI=1S/C13H7BrF3NO2S/c14-7-1-2-9(13(15,16)17)11(5-7)21-8-3-4-18-10(6-8)12(19)20/h1-6H,(H,19,20). The van der Waals surface area contributed by atoms with E-state index in [2.05, 4.69) is 20.9 Å². The molecule has 0 saturated carbocycles. The van der Waals surface area contributed by atoms with Gasteiger partial charge in [-0.1, -0.05) is 27.7 Å². The third kappa shape index (κ3) is 3.98. The molecule has 0 unspecified atom stereocenters. The number of halogens is 4. The maximum absolute atomic E-state index is 13.0. The number of aromatic carboxylic acids is 1. The summed E-state index contributed by atoms with van der Waals surface area (Å²) in [6, 6.07) is 6.31. The van der Waals surface area contributed by atoms with Gasteiger partial charge in [-0.25, -0.2) is 9.78 Å². The summed E-state index contributed by atoms with van der Waals surface area (Å²) in [6.07, 6.45) is -3.23. The van der Waals surface area contributed by atoms with Gasteiger partial charge in [-0.2, -0.15) is 13.2 Å². The van der Waals surface area contributed by atoms with Crippen molar-refractivity contribution in [2.75, 3.05) is 0 Å². The Morgan fingerprint density at radius 1 is 1.24 bits per heavy atom. The SMILES string of the molecule is O=C(O)c1cc(Sc2cc(Br)ccc2C(F)(F)F)ccn1. The lowest BCUT2D eigenvalue weighted by Crippen LogP contribution is -2.06. The lowest BCUT2D eigenvalue weighted by atomic mass is 10.2. The Morgan fingerprint density at radius 2 is 1.95 bits per heavy atom. The molecule has 1 aromatic carbocycles. The van der Waals surface area contributed by atoms with Crippen molar-refractivity contribution in [3.63, 3.8) is 0 Å². The van der Waals surface area contributed by atoms with Crippen LogP contribution in [0.5, 0.6) is 0 Å². The van der Waals surface area contributed by atoms with Gasteiger partial charge in [-0.05, 0) is 30.3 Å². The van der Waals surface area contributed by atoms with Crippen LogP contribution in [0.3, 0.4) is 0 Å². The molecule has 0 spiro atoms. The van der Waals surface area contributed by atoms with Gasteiger partial charge < -0.3 is 5.11 Å². The minimum Gasteiger partial charge on any atom is -0.477 e. The van der Waals surface area contributed by atoms with Crippen molar-refractivity contribution in [1.29, 1.82) is 0 Å². The molecule has 0 amide bonds. The minimum absolute atomic E-state index is 0.0144. The first-order valence-corrected chi connectivity index (χ1v) is 7.12. The monoisotopic (exact) mass is 377 g/mol. The first kappa shape index (κ1) is 15.8. The number of rotatable bonds is 3. The highest BCUT2D eigenvalue weighted by Gasteiger charge is 2.33. The summed E-state index contributed by atoms with van der Waals surface area (Å²) >= 11 is 3.96. The number of benzene rings is 1. The predicted octanol–water partition coefficient (Wildman–Crippen LogP) is 4.71. The van der Waals surface area contributed by atoms with Crippen molar-refractivity contribution >= 4 is 33.7 Å².